The molecule has 0 radical (unpaired) electrons. The molecular weight excluding hydrogens is 483 g/mol. The van der Waals surface area contributed by atoms with Gasteiger partial charge in [0, 0.05) is 45.0 Å². The molecule has 0 saturated heterocycles. The minimum Gasteiger partial charge on any atom is -0.482 e. The summed E-state index contributed by atoms with van der Waals surface area (Å²) in [7, 11) is 3.70. The molecule has 0 bridgehead atoms. The molecule has 0 atom stereocenters. The van der Waals surface area contributed by atoms with Crippen molar-refractivity contribution in [3.8, 4) is 5.75 Å². The zero-order valence-corrected chi connectivity index (χ0v) is 19.7. The Morgan fingerprint density at radius 2 is 2.03 bits per heavy atom. The van der Waals surface area contributed by atoms with Crippen LogP contribution in [0.3, 0.4) is 0 Å². The number of halogens is 1. The summed E-state index contributed by atoms with van der Waals surface area (Å²) in [5, 5.41) is 11.1. The Morgan fingerprint density at radius 1 is 1.28 bits per heavy atom. The summed E-state index contributed by atoms with van der Waals surface area (Å²) in [6.07, 6.45) is 0.797. The van der Waals surface area contributed by atoms with Crippen LogP contribution >= 0.6 is 24.0 Å². The second-order valence-electron chi connectivity index (χ2n) is 6.78. The maximum absolute atomic E-state index is 12.2. The number of rotatable bonds is 6. The highest BCUT2D eigenvalue weighted by atomic mass is 127. The topological polar surface area (TPSA) is 83.8 Å². The molecule has 0 fully saturated rings. The first-order chi connectivity index (χ1) is 13.5. The van der Waals surface area contributed by atoms with Gasteiger partial charge in [-0.3, -0.25) is 14.5 Å². The van der Waals surface area contributed by atoms with Crippen molar-refractivity contribution in [2.45, 2.75) is 26.8 Å². The molecule has 2 heterocycles. The van der Waals surface area contributed by atoms with Crippen LogP contribution in [0.15, 0.2) is 29.3 Å². The summed E-state index contributed by atoms with van der Waals surface area (Å²) >= 11 is 0. The van der Waals surface area contributed by atoms with E-state index in [9.17, 15) is 4.79 Å². The number of nitrogens with one attached hydrogen (secondary N) is 2. The van der Waals surface area contributed by atoms with Gasteiger partial charge in [0.15, 0.2) is 12.6 Å². The number of amides is 1. The minimum atomic E-state index is -0.0104. The predicted molar refractivity (Wildman–Crippen MR) is 125 cm³/mol. The van der Waals surface area contributed by atoms with E-state index < -0.39 is 0 Å². The van der Waals surface area contributed by atoms with Gasteiger partial charge in [-0.05, 0) is 32.4 Å². The Kier molecular flexibility index (Phi) is 8.30. The van der Waals surface area contributed by atoms with E-state index in [0.29, 0.717) is 19.6 Å². The quantitative estimate of drug-likeness (QED) is 0.268. The molecule has 1 aromatic heterocycles. The molecule has 3 rings (SSSR count). The molecule has 1 aliphatic heterocycles. The number of para-hydroxylation sites is 2. The van der Waals surface area contributed by atoms with Crippen LogP contribution in [0.1, 0.15) is 23.4 Å². The lowest BCUT2D eigenvalue weighted by atomic mass is 10.2. The fraction of sp³-hybridized carbons (Fsp3) is 0.450. The predicted octanol–water partition coefficient (Wildman–Crippen LogP) is 2.14. The fourth-order valence-corrected chi connectivity index (χ4v) is 3.31. The molecule has 1 amide bonds. The lowest BCUT2D eigenvalue weighted by Crippen LogP contribution is -2.42. The summed E-state index contributed by atoms with van der Waals surface area (Å²) in [4.78, 5) is 18.3. The Hall–Kier alpha value is -2.30. The summed E-state index contributed by atoms with van der Waals surface area (Å²) in [5.41, 5.74) is 4.18. The van der Waals surface area contributed by atoms with E-state index in [1.54, 1.807) is 11.9 Å². The Bertz CT molecular complexity index is 880. The van der Waals surface area contributed by atoms with Crippen molar-refractivity contribution in [3.63, 3.8) is 0 Å². The zero-order chi connectivity index (χ0) is 20.1. The SMILES string of the molecule is CN=C(NCCCN1C(=O)COc2ccccc21)NCc1c(C)nn(C)c1C.I. The molecule has 0 saturated carbocycles. The maximum atomic E-state index is 12.2. The van der Waals surface area contributed by atoms with E-state index in [0.717, 1.165) is 35.2 Å². The zero-order valence-electron chi connectivity index (χ0n) is 17.4. The number of fused-ring (bicyclic) bond motifs is 1. The van der Waals surface area contributed by atoms with Crippen LogP contribution in [-0.4, -0.2) is 48.4 Å². The summed E-state index contributed by atoms with van der Waals surface area (Å²) < 4.78 is 7.37. The van der Waals surface area contributed by atoms with E-state index in [4.69, 9.17) is 4.74 Å². The van der Waals surface area contributed by atoms with Crippen molar-refractivity contribution in [1.82, 2.24) is 20.4 Å². The molecule has 29 heavy (non-hydrogen) atoms. The van der Waals surface area contributed by atoms with Crippen LogP contribution in [0.4, 0.5) is 5.69 Å². The van der Waals surface area contributed by atoms with Crippen molar-refractivity contribution >= 4 is 41.5 Å². The number of carbonyl (C=O) groups excluding carboxylic acids is 1. The van der Waals surface area contributed by atoms with E-state index in [1.807, 2.05) is 42.9 Å². The van der Waals surface area contributed by atoms with Crippen LogP contribution < -0.4 is 20.3 Å². The highest BCUT2D eigenvalue weighted by molar-refractivity contribution is 14.0. The van der Waals surface area contributed by atoms with Crippen LogP contribution in [0.2, 0.25) is 0 Å². The Morgan fingerprint density at radius 3 is 2.72 bits per heavy atom. The van der Waals surface area contributed by atoms with E-state index in [2.05, 4.69) is 27.6 Å². The number of carbonyl (C=O) groups is 1. The van der Waals surface area contributed by atoms with Crippen molar-refractivity contribution in [3.05, 3.63) is 41.2 Å². The van der Waals surface area contributed by atoms with Crippen LogP contribution in [-0.2, 0) is 18.4 Å². The normalized spacial score (nSPS) is 13.4. The third kappa shape index (κ3) is 5.40. The summed E-state index contributed by atoms with van der Waals surface area (Å²) in [6, 6.07) is 7.63. The molecule has 2 aromatic rings. The van der Waals surface area contributed by atoms with Crippen molar-refractivity contribution < 1.29 is 9.53 Å². The molecule has 1 aromatic carbocycles. The summed E-state index contributed by atoms with van der Waals surface area (Å²) in [5.74, 6) is 1.48. The van der Waals surface area contributed by atoms with Gasteiger partial charge in [-0.2, -0.15) is 5.10 Å². The largest absolute Gasteiger partial charge is 0.482 e. The van der Waals surface area contributed by atoms with Gasteiger partial charge >= 0.3 is 0 Å². The standard InChI is InChI=1S/C20H28N6O2.HI/c1-14-16(15(2)25(4)24-14)12-23-20(21-3)22-10-7-11-26-17-8-5-6-9-18(17)28-13-19(26)27;/h5-6,8-9H,7,10-13H2,1-4H3,(H2,21,22,23);1H. The van der Waals surface area contributed by atoms with E-state index in [-0.39, 0.29) is 36.5 Å². The second kappa shape index (κ2) is 10.5. The number of aromatic nitrogens is 2. The number of guanidine groups is 1. The van der Waals surface area contributed by atoms with Gasteiger partial charge in [0.25, 0.3) is 5.91 Å². The molecule has 1 aliphatic rings. The van der Waals surface area contributed by atoms with Crippen molar-refractivity contribution in [2.24, 2.45) is 12.0 Å². The number of aliphatic imine (C=N–C) groups is 1. The third-order valence-electron chi connectivity index (χ3n) is 4.97. The molecular formula is C20H29IN6O2. The van der Waals surface area contributed by atoms with Crippen molar-refractivity contribution in [1.29, 1.82) is 0 Å². The fourth-order valence-electron chi connectivity index (χ4n) is 3.31. The van der Waals surface area contributed by atoms with Gasteiger partial charge in [-0.25, -0.2) is 0 Å². The third-order valence-corrected chi connectivity index (χ3v) is 4.97. The Balaban J connectivity index is 0.00000300. The van der Waals surface area contributed by atoms with Gasteiger partial charge in [-0.1, -0.05) is 12.1 Å². The number of benzene rings is 1. The number of anilines is 1. The molecule has 0 spiro atoms. The smallest absolute Gasteiger partial charge is 0.265 e. The van der Waals surface area contributed by atoms with Gasteiger partial charge < -0.3 is 20.3 Å². The van der Waals surface area contributed by atoms with Gasteiger partial charge in [-0.15, -0.1) is 24.0 Å². The molecule has 2 N–H and O–H groups in total. The van der Waals surface area contributed by atoms with Gasteiger partial charge in [0.2, 0.25) is 0 Å². The number of hydrogen-bond donors (Lipinski definition) is 2. The maximum Gasteiger partial charge on any atom is 0.265 e. The van der Waals surface area contributed by atoms with Crippen LogP contribution in [0.5, 0.6) is 5.75 Å². The molecule has 0 unspecified atom stereocenters. The number of ether oxygens (including phenoxy) is 1. The number of nitrogens with zero attached hydrogens (tertiary/aromatic N) is 4. The van der Waals surface area contributed by atoms with Crippen LogP contribution in [0.25, 0.3) is 0 Å². The van der Waals surface area contributed by atoms with Crippen LogP contribution in [0, 0.1) is 13.8 Å². The Labute approximate surface area is 188 Å². The first-order valence-electron chi connectivity index (χ1n) is 9.47. The summed E-state index contributed by atoms with van der Waals surface area (Å²) in [6.45, 7) is 6.17. The van der Waals surface area contributed by atoms with Crippen molar-refractivity contribution in [2.75, 3.05) is 31.6 Å². The molecule has 158 valence electrons. The molecule has 8 nitrogen and oxygen atoms in total. The molecule has 9 heteroatoms. The molecule has 0 aliphatic carbocycles. The highest BCUT2D eigenvalue weighted by Gasteiger charge is 2.24. The second-order valence-corrected chi connectivity index (χ2v) is 6.78. The highest BCUT2D eigenvalue weighted by Crippen LogP contribution is 2.31. The van der Waals surface area contributed by atoms with Gasteiger partial charge in [0.1, 0.15) is 5.75 Å². The lowest BCUT2D eigenvalue weighted by molar-refractivity contribution is -0.121. The average Bonchev–Trinajstić information content (AvgIpc) is 2.94. The number of aryl methyl sites for hydroxylation is 2. The van der Waals surface area contributed by atoms with E-state index in [1.165, 1.54) is 5.56 Å². The number of hydrogen-bond acceptors (Lipinski definition) is 4. The minimum absolute atomic E-state index is 0. The first-order valence-corrected chi connectivity index (χ1v) is 9.47. The first kappa shape index (κ1) is 23.0. The van der Waals surface area contributed by atoms with Gasteiger partial charge in [0.05, 0.1) is 11.4 Å². The lowest BCUT2D eigenvalue weighted by Gasteiger charge is -2.29. The van der Waals surface area contributed by atoms with E-state index >= 15 is 0 Å². The average molecular weight is 512 g/mol. The monoisotopic (exact) mass is 512 g/mol.